The van der Waals surface area contributed by atoms with E-state index in [0.717, 1.165) is 0 Å². The van der Waals surface area contributed by atoms with E-state index < -0.39 is 24.3 Å². The molecule has 2 N–H and O–H groups in total. The molecule has 0 fully saturated rings. The molecule has 0 aromatic carbocycles. The predicted molar refractivity (Wildman–Crippen MR) is 36.4 cm³/mol. The van der Waals surface area contributed by atoms with E-state index in [2.05, 4.69) is 0 Å². The van der Waals surface area contributed by atoms with E-state index in [1.54, 1.807) is 0 Å². The van der Waals surface area contributed by atoms with Crippen molar-refractivity contribution in [2.24, 2.45) is 11.7 Å². The number of hydrogen-bond donors (Lipinski definition) is 1. The number of rotatable bonds is 6. The molecule has 0 aromatic rings. The molecule has 0 aliphatic rings. The molecular formula is C7H11NNa2O4. The van der Waals surface area contributed by atoms with Crippen LogP contribution in [0.3, 0.4) is 0 Å². The molecule has 0 rings (SSSR count). The van der Waals surface area contributed by atoms with Gasteiger partial charge in [0.25, 0.3) is 0 Å². The number of aliphatic carboxylic acids is 2. The summed E-state index contributed by atoms with van der Waals surface area (Å²) in [6.07, 6.45) is 0.209. The Morgan fingerprint density at radius 1 is 1.21 bits per heavy atom. The molecule has 0 heterocycles. The van der Waals surface area contributed by atoms with Gasteiger partial charge < -0.3 is 25.5 Å². The van der Waals surface area contributed by atoms with E-state index in [4.69, 9.17) is 5.73 Å². The minimum absolute atomic E-state index is 0. The molecule has 0 amide bonds. The van der Waals surface area contributed by atoms with Crippen LogP contribution in [0, 0.1) is 5.92 Å². The molecule has 7 heteroatoms. The molecule has 1 unspecified atom stereocenters. The first-order valence-electron chi connectivity index (χ1n) is 3.68. The minimum atomic E-state index is -1.37. The van der Waals surface area contributed by atoms with Crippen molar-refractivity contribution in [3.8, 4) is 0 Å². The van der Waals surface area contributed by atoms with Gasteiger partial charge in [0.2, 0.25) is 0 Å². The van der Waals surface area contributed by atoms with Gasteiger partial charge in [0.1, 0.15) is 0 Å². The fourth-order valence-corrected chi connectivity index (χ4v) is 0.869. The van der Waals surface area contributed by atoms with Gasteiger partial charge in [-0.25, -0.2) is 0 Å². The Morgan fingerprint density at radius 3 is 2.00 bits per heavy atom. The van der Waals surface area contributed by atoms with Crippen molar-refractivity contribution in [2.75, 3.05) is 6.54 Å². The maximum absolute atomic E-state index is 10.3. The molecule has 14 heavy (non-hydrogen) atoms. The maximum atomic E-state index is 10.3. The van der Waals surface area contributed by atoms with Gasteiger partial charge in [-0.1, -0.05) is 0 Å². The van der Waals surface area contributed by atoms with E-state index in [1.807, 2.05) is 0 Å². The van der Waals surface area contributed by atoms with Crippen LogP contribution in [0.2, 0.25) is 0 Å². The van der Waals surface area contributed by atoms with Gasteiger partial charge in [0, 0.05) is 17.9 Å². The van der Waals surface area contributed by atoms with Crippen molar-refractivity contribution in [3.63, 3.8) is 0 Å². The van der Waals surface area contributed by atoms with Crippen molar-refractivity contribution in [1.29, 1.82) is 0 Å². The van der Waals surface area contributed by atoms with Crippen LogP contribution in [-0.4, -0.2) is 18.5 Å². The Kier molecular flexibility index (Phi) is 17.4. The molecule has 0 aliphatic carbocycles. The Bertz CT molecular complexity index is 177. The van der Waals surface area contributed by atoms with E-state index >= 15 is 0 Å². The van der Waals surface area contributed by atoms with Crippen molar-refractivity contribution >= 4 is 11.9 Å². The standard InChI is InChI=1S/C7H13NO4.2Na/c8-3-1-2-5(7(11)12)4-6(9)10;;/h5H,1-4,8H2,(H,9,10)(H,11,12);;/q;2*+1/p-2. The largest absolute Gasteiger partial charge is 1.00 e. The molecular weight excluding hydrogens is 208 g/mol. The number of carboxylic acids is 2. The summed E-state index contributed by atoms with van der Waals surface area (Å²) in [5, 5.41) is 20.3. The van der Waals surface area contributed by atoms with E-state index in [9.17, 15) is 19.8 Å². The Labute approximate surface area is 127 Å². The van der Waals surface area contributed by atoms with Crippen LogP contribution >= 0.6 is 0 Å². The fourth-order valence-electron chi connectivity index (χ4n) is 0.869. The Hall–Kier alpha value is 0.900. The van der Waals surface area contributed by atoms with Crippen molar-refractivity contribution in [1.82, 2.24) is 0 Å². The van der Waals surface area contributed by atoms with Gasteiger partial charge in [-0.2, -0.15) is 0 Å². The van der Waals surface area contributed by atoms with Crippen LogP contribution in [0.15, 0.2) is 0 Å². The second-order valence-electron chi connectivity index (χ2n) is 2.52. The van der Waals surface area contributed by atoms with E-state index in [1.165, 1.54) is 0 Å². The van der Waals surface area contributed by atoms with Crippen LogP contribution in [0.1, 0.15) is 19.3 Å². The summed E-state index contributed by atoms with van der Waals surface area (Å²) in [5.41, 5.74) is 5.13. The minimum Gasteiger partial charge on any atom is -0.550 e. The summed E-state index contributed by atoms with van der Waals surface area (Å²) in [7, 11) is 0. The van der Waals surface area contributed by atoms with Crippen molar-refractivity contribution in [2.45, 2.75) is 19.3 Å². The third-order valence-electron chi connectivity index (χ3n) is 1.50. The number of carboxylic acid groups (broad SMARTS) is 2. The first kappa shape index (κ1) is 20.3. The first-order valence-corrected chi connectivity index (χ1v) is 3.68. The maximum Gasteiger partial charge on any atom is 1.00 e. The van der Waals surface area contributed by atoms with E-state index in [-0.39, 0.29) is 65.5 Å². The summed E-state index contributed by atoms with van der Waals surface area (Å²) in [6, 6.07) is 0. The third-order valence-corrected chi connectivity index (χ3v) is 1.50. The van der Waals surface area contributed by atoms with Crippen LogP contribution in [0.4, 0.5) is 0 Å². The summed E-state index contributed by atoms with van der Waals surface area (Å²) in [4.78, 5) is 20.3. The van der Waals surface area contributed by atoms with Gasteiger partial charge in [0.15, 0.2) is 0 Å². The smallest absolute Gasteiger partial charge is 0.550 e. The zero-order chi connectivity index (χ0) is 9.56. The molecule has 1 atom stereocenters. The summed E-state index contributed by atoms with van der Waals surface area (Å²) >= 11 is 0. The molecule has 5 nitrogen and oxygen atoms in total. The van der Waals surface area contributed by atoms with Gasteiger partial charge in [-0.3, -0.25) is 0 Å². The SMILES string of the molecule is NCCCC(CC(=O)[O-])C(=O)[O-].[Na+].[Na+]. The summed E-state index contributed by atoms with van der Waals surface area (Å²) < 4.78 is 0. The molecule has 0 aliphatic heterocycles. The van der Waals surface area contributed by atoms with Crippen LogP contribution in [0.25, 0.3) is 0 Å². The number of hydrogen-bond acceptors (Lipinski definition) is 5. The third kappa shape index (κ3) is 11.0. The van der Waals surface area contributed by atoms with Crippen LogP contribution < -0.4 is 75.1 Å². The Balaban J connectivity index is -0.000000605. The second-order valence-corrected chi connectivity index (χ2v) is 2.52. The predicted octanol–water partition coefficient (Wildman–Crippen LogP) is -8.76. The molecule has 0 saturated heterocycles. The monoisotopic (exact) mass is 219 g/mol. The van der Waals surface area contributed by atoms with Crippen molar-refractivity contribution < 1.29 is 78.9 Å². The zero-order valence-electron chi connectivity index (χ0n) is 8.62. The number of carbonyl (C=O) groups excluding carboxylic acids is 2. The number of nitrogens with two attached hydrogens (primary N) is 1. The average molecular weight is 219 g/mol. The normalized spacial score (nSPS) is 10.6. The quantitative estimate of drug-likeness (QED) is 0.446. The first-order chi connectivity index (χ1) is 5.57. The van der Waals surface area contributed by atoms with Crippen molar-refractivity contribution in [3.05, 3.63) is 0 Å². The van der Waals surface area contributed by atoms with E-state index in [0.29, 0.717) is 13.0 Å². The molecule has 0 aromatic heterocycles. The topological polar surface area (TPSA) is 106 Å². The summed E-state index contributed by atoms with van der Waals surface area (Å²) in [6.45, 7) is 0.344. The average Bonchev–Trinajstić information content (AvgIpc) is 1.96. The Morgan fingerprint density at radius 2 is 1.71 bits per heavy atom. The molecule has 0 radical (unpaired) electrons. The number of carbonyl (C=O) groups is 2. The van der Waals surface area contributed by atoms with Gasteiger partial charge in [-0.05, 0) is 25.8 Å². The van der Waals surface area contributed by atoms with Crippen LogP contribution in [-0.2, 0) is 9.59 Å². The second kappa shape index (κ2) is 12.0. The van der Waals surface area contributed by atoms with Crippen LogP contribution in [0.5, 0.6) is 0 Å². The summed E-state index contributed by atoms with van der Waals surface area (Å²) in [5.74, 6) is -3.70. The molecule has 0 spiro atoms. The molecule has 70 valence electrons. The molecule has 0 saturated carbocycles. The zero-order valence-corrected chi connectivity index (χ0v) is 12.6. The fraction of sp³-hybridized carbons (Fsp3) is 0.714. The van der Waals surface area contributed by atoms with Gasteiger partial charge >= 0.3 is 59.1 Å². The molecule has 0 bridgehead atoms. The van der Waals surface area contributed by atoms with Gasteiger partial charge in [-0.15, -0.1) is 0 Å². The van der Waals surface area contributed by atoms with Gasteiger partial charge in [0.05, 0.1) is 0 Å².